The molecule has 10 N–H and O–H groups in total. The van der Waals surface area contributed by atoms with Gasteiger partial charge in [0.05, 0.1) is 6.61 Å². The first-order chi connectivity index (χ1) is 13.5. The molecular weight excluding hydrogens is 396 g/mol. The largest absolute Gasteiger partial charge is 0.477 e. The van der Waals surface area contributed by atoms with Crippen LogP contribution in [-0.2, 0) is 0 Å². The molecule has 0 fully saturated rings. The fraction of sp³-hybridized carbons (Fsp3) is 0.588. The van der Waals surface area contributed by atoms with E-state index in [0.717, 1.165) is 38.6 Å². The van der Waals surface area contributed by atoms with Crippen molar-refractivity contribution in [1.29, 1.82) is 5.41 Å². The molecule has 1 rings (SSSR count). The lowest BCUT2D eigenvalue weighted by atomic mass is 10.1. The average Bonchev–Trinajstić information content (AvgIpc) is 2.66. The van der Waals surface area contributed by atoms with Crippen molar-refractivity contribution in [1.82, 2.24) is 15.5 Å². The second-order valence-electron chi connectivity index (χ2n) is 6.14. The summed E-state index contributed by atoms with van der Waals surface area (Å²) in [6.45, 7) is 2.51. The minimum atomic E-state index is -0.126. The Hall–Kier alpha value is -2.82. The van der Waals surface area contributed by atoms with Crippen LogP contribution in [0.5, 0.6) is 5.88 Å². The van der Waals surface area contributed by atoms with Crippen LogP contribution in [0.25, 0.3) is 0 Å². The van der Waals surface area contributed by atoms with Crippen LogP contribution >= 0.6 is 12.4 Å². The third kappa shape index (κ3) is 13.9. The predicted octanol–water partition coefficient (Wildman–Crippen LogP) is 0.0796. The number of hydrogen-bond acceptors (Lipinski definition) is 6. The average molecular weight is 429 g/mol. The van der Waals surface area contributed by atoms with Gasteiger partial charge < -0.3 is 33.0 Å². The first-order valence-corrected chi connectivity index (χ1v) is 9.39. The molecule has 1 aromatic rings. The first-order valence-electron chi connectivity index (χ1n) is 9.39. The Morgan fingerprint density at radius 1 is 0.931 bits per heavy atom. The highest BCUT2D eigenvalue weighted by molar-refractivity contribution is 5.92. The molecule has 29 heavy (non-hydrogen) atoms. The summed E-state index contributed by atoms with van der Waals surface area (Å²) in [5.41, 5.74) is 22.0. The molecule has 12 heteroatoms. The maximum Gasteiger partial charge on any atom is 0.233 e. The van der Waals surface area contributed by atoms with Crippen molar-refractivity contribution >= 4 is 30.2 Å². The summed E-state index contributed by atoms with van der Waals surface area (Å²) >= 11 is 0. The van der Waals surface area contributed by atoms with Gasteiger partial charge >= 0.3 is 0 Å². The number of aliphatic imine (C=N–C) groups is 2. The number of nitrogens with one attached hydrogen (secondary N) is 2. The number of nitrogens with zero attached hydrogens (tertiary/aromatic N) is 4. The Morgan fingerprint density at radius 2 is 1.62 bits per heavy atom. The quantitative estimate of drug-likeness (QED) is 0.136. The zero-order chi connectivity index (χ0) is 20.6. The number of nitrogens with two attached hydrogens (primary N) is 4. The van der Waals surface area contributed by atoms with Crippen molar-refractivity contribution in [2.45, 2.75) is 38.5 Å². The molecule has 0 aliphatic carbocycles. The molecule has 0 atom stereocenters. The summed E-state index contributed by atoms with van der Waals surface area (Å²) in [4.78, 5) is 8.20. The van der Waals surface area contributed by atoms with Crippen molar-refractivity contribution in [2.75, 3.05) is 26.2 Å². The third-order valence-electron chi connectivity index (χ3n) is 3.69. The second kappa shape index (κ2) is 16.2. The number of aromatic nitrogens is 2. The molecule has 0 aliphatic rings. The number of halogens is 1. The minimum Gasteiger partial charge on any atom is -0.477 e. The summed E-state index contributed by atoms with van der Waals surface area (Å²) in [7, 11) is 0. The molecule has 0 bridgehead atoms. The van der Waals surface area contributed by atoms with Crippen LogP contribution in [0.15, 0.2) is 22.1 Å². The number of amidine groups is 1. The summed E-state index contributed by atoms with van der Waals surface area (Å²) in [5, 5.41) is 18.0. The van der Waals surface area contributed by atoms with E-state index in [1.807, 2.05) is 0 Å². The lowest BCUT2D eigenvalue weighted by Gasteiger charge is -2.06. The Balaban J connectivity index is 0.00000784. The fourth-order valence-corrected chi connectivity index (χ4v) is 2.23. The van der Waals surface area contributed by atoms with Crippen molar-refractivity contribution in [3.63, 3.8) is 0 Å². The highest BCUT2D eigenvalue weighted by Crippen LogP contribution is 2.05. The maximum absolute atomic E-state index is 7.25. The van der Waals surface area contributed by atoms with Gasteiger partial charge in [-0.1, -0.05) is 19.3 Å². The van der Waals surface area contributed by atoms with Gasteiger partial charge in [0.15, 0.2) is 11.9 Å². The Labute approximate surface area is 177 Å². The minimum absolute atomic E-state index is 0. The molecule has 11 nitrogen and oxygen atoms in total. The predicted molar refractivity (Wildman–Crippen MR) is 119 cm³/mol. The van der Waals surface area contributed by atoms with E-state index in [0.29, 0.717) is 43.7 Å². The zero-order valence-corrected chi connectivity index (χ0v) is 17.5. The molecular formula is C17H33ClN10O. The molecule has 1 aromatic heterocycles. The van der Waals surface area contributed by atoms with Gasteiger partial charge in [0.25, 0.3) is 0 Å². The number of nitrogen functional groups attached to an aromatic ring is 1. The van der Waals surface area contributed by atoms with Crippen molar-refractivity contribution in [3.8, 4) is 5.88 Å². The van der Waals surface area contributed by atoms with Gasteiger partial charge in [0.1, 0.15) is 11.5 Å². The Bertz CT molecular complexity index is 632. The van der Waals surface area contributed by atoms with E-state index in [1.165, 1.54) is 0 Å². The van der Waals surface area contributed by atoms with Gasteiger partial charge in [0, 0.05) is 32.1 Å². The zero-order valence-electron chi connectivity index (χ0n) is 16.6. The molecule has 0 radical (unpaired) electrons. The van der Waals surface area contributed by atoms with Crippen LogP contribution in [0.4, 0.5) is 0 Å². The van der Waals surface area contributed by atoms with E-state index >= 15 is 0 Å². The monoisotopic (exact) mass is 428 g/mol. The van der Waals surface area contributed by atoms with E-state index < -0.39 is 0 Å². The van der Waals surface area contributed by atoms with Crippen LogP contribution in [0, 0.1) is 5.41 Å². The molecule has 0 saturated carbocycles. The SMILES string of the molecule is Cl.N=C(N)c1ccc(OCCCN=C(N)NCCCCCCCN=C(N)N)nn1. The van der Waals surface area contributed by atoms with Crippen LogP contribution in [-0.4, -0.2) is 54.2 Å². The van der Waals surface area contributed by atoms with Crippen molar-refractivity contribution in [3.05, 3.63) is 17.8 Å². The normalized spacial score (nSPS) is 10.7. The van der Waals surface area contributed by atoms with Gasteiger partial charge in [-0.05, 0) is 18.9 Å². The van der Waals surface area contributed by atoms with E-state index in [-0.39, 0.29) is 24.2 Å². The second-order valence-corrected chi connectivity index (χ2v) is 6.14. The lowest BCUT2D eigenvalue weighted by molar-refractivity contribution is 0.298. The Kier molecular flexibility index (Phi) is 14.6. The molecule has 0 unspecified atom stereocenters. The summed E-state index contributed by atoms with van der Waals surface area (Å²) in [6, 6.07) is 3.22. The van der Waals surface area contributed by atoms with E-state index in [2.05, 4.69) is 25.5 Å². The van der Waals surface area contributed by atoms with Gasteiger partial charge in [-0.25, -0.2) is 0 Å². The molecule has 0 aliphatic heterocycles. The highest BCUT2D eigenvalue weighted by Gasteiger charge is 2.01. The summed E-state index contributed by atoms with van der Waals surface area (Å²) in [6.07, 6.45) is 6.13. The van der Waals surface area contributed by atoms with Crippen LogP contribution in [0.3, 0.4) is 0 Å². The molecule has 164 valence electrons. The number of unbranched alkanes of at least 4 members (excludes halogenated alkanes) is 4. The smallest absolute Gasteiger partial charge is 0.233 e. The van der Waals surface area contributed by atoms with Gasteiger partial charge in [0.2, 0.25) is 5.88 Å². The summed E-state index contributed by atoms with van der Waals surface area (Å²) < 4.78 is 5.45. The standard InChI is InChI=1S/C17H32N10O.ClH/c18-15(19)13-7-8-14(27-26-13)28-12-6-11-25-17(22)24-10-5-3-1-2-4-9-23-16(20)21;/h7-8H,1-6,9-12H2,(H3,18,19)(H4,20,21,23)(H3,22,24,25);1H. The molecule has 0 aromatic carbocycles. The van der Waals surface area contributed by atoms with Gasteiger partial charge in [-0.2, -0.15) is 0 Å². The number of rotatable bonds is 14. The van der Waals surface area contributed by atoms with Crippen molar-refractivity contribution in [2.24, 2.45) is 32.9 Å². The topological polar surface area (TPSA) is 200 Å². The summed E-state index contributed by atoms with van der Waals surface area (Å²) in [5.74, 6) is 0.860. The van der Waals surface area contributed by atoms with Crippen LogP contribution < -0.4 is 33.0 Å². The molecule has 0 spiro atoms. The fourth-order valence-electron chi connectivity index (χ4n) is 2.23. The van der Waals surface area contributed by atoms with Crippen molar-refractivity contribution < 1.29 is 4.74 Å². The number of hydrogen-bond donors (Lipinski definition) is 6. The highest BCUT2D eigenvalue weighted by atomic mass is 35.5. The van der Waals surface area contributed by atoms with E-state index in [1.54, 1.807) is 12.1 Å². The number of ether oxygens (including phenoxy) is 1. The third-order valence-corrected chi connectivity index (χ3v) is 3.69. The van der Waals surface area contributed by atoms with E-state index in [4.69, 9.17) is 33.1 Å². The maximum atomic E-state index is 7.25. The van der Waals surface area contributed by atoms with Crippen LogP contribution in [0.1, 0.15) is 44.2 Å². The lowest BCUT2D eigenvalue weighted by Crippen LogP contribution is -2.32. The Morgan fingerprint density at radius 3 is 2.28 bits per heavy atom. The van der Waals surface area contributed by atoms with Gasteiger partial charge in [-0.15, -0.1) is 22.6 Å². The first kappa shape index (κ1) is 26.2. The molecule has 0 saturated heterocycles. The van der Waals surface area contributed by atoms with Gasteiger partial charge in [-0.3, -0.25) is 15.4 Å². The van der Waals surface area contributed by atoms with E-state index in [9.17, 15) is 0 Å². The number of guanidine groups is 2. The molecule has 1 heterocycles. The molecule has 0 amide bonds. The van der Waals surface area contributed by atoms with Crippen LogP contribution in [0.2, 0.25) is 0 Å².